The Morgan fingerprint density at radius 3 is 2.52 bits per heavy atom. The second kappa shape index (κ2) is 10.5. The summed E-state index contributed by atoms with van der Waals surface area (Å²) >= 11 is 0. The maximum atomic E-state index is 13.0. The van der Waals surface area contributed by atoms with Crippen LogP contribution in [0.25, 0.3) is 0 Å². The molecule has 2 heterocycles. The van der Waals surface area contributed by atoms with Crippen molar-refractivity contribution in [2.24, 2.45) is 17.8 Å². The molecule has 29 heavy (non-hydrogen) atoms. The largest absolute Gasteiger partial charge is 0.338 e. The predicted molar refractivity (Wildman–Crippen MR) is 115 cm³/mol. The molecule has 1 aromatic heterocycles. The first-order valence-electron chi connectivity index (χ1n) is 10.6. The normalized spacial score (nSPS) is 17.1. The molecule has 0 unspecified atom stereocenters. The Morgan fingerprint density at radius 2 is 1.90 bits per heavy atom. The van der Waals surface area contributed by atoms with Crippen LogP contribution in [0.15, 0.2) is 6.07 Å². The van der Waals surface area contributed by atoms with Crippen molar-refractivity contribution in [2.75, 3.05) is 31.5 Å². The maximum Gasteiger partial charge on any atom is 0.320 e. The van der Waals surface area contributed by atoms with Gasteiger partial charge < -0.3 is 15.5 Å². The van der Waals surface area contributed by atoms with Gasteiger partial charge >= 0.3 is 6.03 Å². The molecule has 0 aromatic carbocycles. The number of nitrogens with zero attached hydrogens (tertiary/aromatic N) is 3. The van der Waals surface area contributed by atoms with E-state index in [0.717, 1.165) is 12.1 Å². The maximum absolute atomic E-state index is 13.0. The van der Waals surface area contributed by atoms with Crippen LogP contribution in [0.5, 0.6) is 0 Å². The lowest BCUT2D eigenvalue weighted by Gasteiger charge is -2.35. The molecule has 2 rings (SSSR count). The Balaban J connectivity index is 2.16. The number of hydrogen-bond acceptors (Lipinski definition) is 5. The summed E-state index contributed by atoms with van der Waals surface area (Å²) in [5.74, 6) is 1.47. The van der Waals surface area contributed by atoms with Crippen molar-refractivity contribution >= 4 is 17.8 Å². The number of amides is 3. The van der Waals surface area contributed by atoms with Crippen molar-refractivity contribution in [1.82, 2.24) is 25.7 Å². The van der Waals surface area contributed by atoms with E-state index >= 15 is 0 Å². The molecule has 8 heteroatoms. The smallest absolute Gasteiger partial charge is 0.320 e. The van der Waals surface area contributed by atoms with Crippen LogP contribution in [0.2, 0.25) is 0 Å². The van der Waals surface area contributed by atoms with Gasteiger partial charge in [0.25, 0.3) is 5.91 Å². The summed E-state index contributed by atoms with van der Waals surface area (Å²) in [6.45, 7) is 15.2. The van der Waals surface area contributed by atoms with Crippen molar-refractivity contribution in [3.05, 3.63) is 17.3 Å². The molecule has 3 amide bonds. The molecule has 0 bridgehead atoms. The van der Waals surface area contributed by atoms with Crippen LogP contribution >= 0.6 is 0 Å². The topological polar surface area (TPSA) is 99.2 Å². The lowest BCUT2D eigenvalue weighted by atomic mass is 10.0. The van der Waals surface area contributed by atoms with Gasteiger partial charge in [-0.25, -0.2) is 4.79 Å². The summed E-state index contributed by atoms with van der Waals surface area (Å²) in [4.78, 5) is 27.0. The zero-order valence-corrected chi connectivity index (χ0v) is 18.6. The molecule has 1 saturated heterocycles. The van der Waals surface area contributed by atoms with Gasteiger partial charge in [-0.15, -0.1) is 10.2 Å². The van der Waals surface area contributed by atoms with Crippen molar-refractivity contribution in [3.8, 4) is 0 Å². The SMILES string of the molecule is CC(C)CNC(=O)Nc1nnc(C(=O)N2CCN[C@@H](C(C)C)C2)cc1CC(C)C. The minimum absolute atomic E-state index is 0.106. The fourth-order valence-electron chi connectivity index (χ4n) is 3.26. The molecule has 3 N–H and O–H groups in total. The quantitative estimate of drug-likeness (QED) is 0.648. The highest BCUT2D eigenvalue weighted by Gasteiger charge is 2.27. The number of carbonyl (C=O) groups is 2. The fourth-order valence-corrected chi connectivity index (χ4v) is 3.26. The lowest BCUT2D eigenvalue weighted by molar-refractivity contribution is 0.0676. The highest BCUT2D eigenvalue weighted by molar-refractivity contribution is 5.93. The number of aromatic nitrogens is 2. The van der Waals surface area contributed by atoms with Crippen molar-refractivity contribution in [1.29, 1.82) is 0 Å². The molecule has 0 saturated carbocycles. The first kappa shape index (κ1) is 23.1. The van der Waals surface area contributed by atoms with E-state index in [1.54, 1.807) is 6.07 Å². The number of urea groups is 1. The molecule has 1 aromatic rings. The number of carbonyl (C=O) groups excluding carboxylic acids is 2. The second-order valence-electron chi connectivity index (χ2n) is 8.99. The third-order valence-electron chi connectivity index (χ3n) is 4.92. The molecule has 0 radical (unpaired) electrons. The highest BCUT2D eigenvalue weighted by Crippen LogP contribution is 2.19. The summed E-state index contributed by atoms with van der Waals surface area (Å²) in [6, 6.07) is 1.75. The van der Waals surface area contributed by atoms with Gasteiger partial charge in [0.15, 0.2) is 11.5 Å². The molecule has 1 aliphatic heterocycles. The Hall–Kier alpha value is -2.22. The van der Waals surface area contributed by atoms with Gasteiger partial charge in [0.05, 0.1) is 0 Å². The summed E-state index contributed by atoms with van der Waals surface area (Å²) < 4.78 is 0. The Bertz CT molecular complexity index is 704. The molecular formula is C21H36N6O2. The first-order chi connectivity index (χ1) is 13.7. The van der Waals surface area contributed by atoms with Crippen molar-refractivity contribution in [3.63, 3.8) is 0 Å². The van der Waals surface area contributed by atoms with Crippen molar-refractivity contribution in [2.45, 2.75) is 54.0 Å². The van der Waals surface area contributed by atoms with Gasteiger partial charge in [-0.3, -0.25) is 10.1 Å². The van der Waals surface area contributed by atoms with Gasteiger partial charge in [0.1, 0.15) is 0 Å². The molecule has 1 fully saturated rings. The predicted octanol–water partition coefficient (Wildman–Crippen LogP) is 2.52. The lowest BCUT2D eigenvalue weighted by Crippen LogP contribution is -2.54. The van der Waals surface area contributed by atoms with Gasteiger partial charge in [-0.2, -0.15) is 0 Å². The van der Waals surface area contributed by atoms with Gasteiger partial charge in [-0.1, -0.05) is 41.5 Å². The zero-order chi connectivity index (χ0) is 21.6. The van der Waals surface area contributed by atoms with Crippen LogP contribution in [0, 0.1) is 17.8 Å². The van der Waals surface area contributed by atoms with E-state index < -0.39 is 0 Å². The number of hydrogen-bond donors (Lipinski definition) is 3. The molecule has 162 valence electrons. The van der Waals surface area contributed by atoms with Crippen LogP contribution < -0.4 is 16.0 Å². The summed E-state index contributed by atoms with van der Waals surface area (Å²) in [5, 5.41) is 17.4. The third kappa shape index (κ3) is 6.96. The average Bonchev–Trinajstić information content (AvgIpc) is 2.66. The van der Waals surface area contributed by atoms with E-state index in [1.165, 1.54) is 0 Å². The average molecular weight is 405 g/mol. The van der Waals surface area contributed by atoms with E-state index in [4.69, 9.17) is 0 Å². The van der Waals surface area contributed by atoms with Crippen LogP contribution in [0.1, 0.15) is 57.6 Å². The monoisotopic (exact) mass is 404 g/mol. The minimum Gasteiger partial charge on any atom is -0.338 e. The molecule has 0 spiro atoms. The summed E-state index contributed by atoms with van der Waals surface area (Å²) in [7, 11) is 0. The molecule has 1 aliphatic rings. The van der Waals surface area contributed by atoms with Gasteiger partial charge in [0.2, 0.25) is 0 Å². The zero-order valence-electron chi connectivity index (χ0n) is 18.6. The molecular weight excluding hydrogens is 368 g/mol. The standard InChI is InChI=1S/C21H36N6O2/c1-13(2)9-16-10-17(20(28)27-8-7-22-18(12-27)15(5)6)25-26-19(16)24-21(29)23-11-14(3)4/h10,13-15,18,22H,7-9,11-12H2,1-6H3,(H2,23,24,26,29)/t18-/m1/s1. The number of piperazine rings is 1. The van der Waals surface area contributed by atoms with E-state index in [9.17, 15) is 9.59 Å². The summed E-state index contributed by atoms with van der Waals surface area (Å²) in [6.07, 6.45) is 0.700. The fraction of sp³-hybridized carbons (Fsp3) is 0.714. The van der Waals surface area contributed by atoms with Gasteiger partial charge in [-0.05, 0) is 35.8 Å². The van der Waals surface area contributed by atoms with Crippen molar-refractivity contribution < 1.29 is 9.59 Å². The second-order valence-corrected chi connectivity index (χ2v) is 8.99. The Kier molecular flexibility index (Phi) is 8.37. The number of nitrogens with one attached hydrogen (secondary N) is 3. The van der Waals surface area contributed by atoms with E-state index in [-0.39, 0.29) is 18.0 Å². The number of anilines is 1. The van der Waals surface area contributed by atoms with E-state index in [2.05, 4.69) is 53.8 Å². The first-order valence-corrected chi connectivity index (χ1v) is 10.6. The third-order valence-corrected chi connectivity index (χ3v) is 4.92. The van der Waals surface area contributed by atoms with E-state index in [1.807, 2.05) is 18.7 Å². The van der Waals surface area contributed by atoms with Gasteiger partial charge in [0, 0.05) is 32.2 Å². The minimum atomic E-state index is -0.307. The van der Waals surface area contributed by atoms with E-state index in [0.29, 0.717) is 55.3 Å². The van der Waals surface area contributed by atoms with Crippen LogP contribution in [0.4, 0.5) is 10.6 Å². The Morgan fingerprint density at radius 1 is 1.17 bits per heavy atom. The summed E-state index contributed by atoms with van der Waals surface area (Å²) in [5.41, 5.74) is 1.16. The molecule has 8 nitrogen and oxygen atoms in total. The van der Waals surface area contributed by atoms with Crippen LogP contribution in [-0.4, -0.2) is 59.3 Å². The Labute approximate surface area is 174 Å². The highest BCUT2D eigenvalue weighted by atomic mass is 16.2. The number of rotatable bonds is 7. The van der Waals surface area contributed by atoms with Crippen LogP contribution in [0.3, 0.4) is 0 Å². The van der Waals surface area contributed by atoms with Crippen LogP contribution in [-0.2, 0) is 6.42 Å². The molecule has 1 atom stereocenters. The molecule has 0 aliphatic carbocycles.